The lowest BCUT2D eigenvalue weighted by molar-refractivity contribution is -0.247. The van der Waals surface area contributed by atoms with Gasteiger partial charge in [-0.25, -0.2) is 4.79 Å². The topological polar surface area (TPSA) is 110 Å². The Bertz CT molecular complexity index is 1440. The zero-order valence-corrected chi connectivity index (χ0v) is 34.9. The van der Waals surface area contributed by atoms with Gasteiger partial charge in [0.2, 0.25) is 0 Å². The summed E-state index contributed by atoms with van der Waals surface area (Å²) in [5.74, 6) is 2.24. The molecule has 5 aliphatic carbocycles. The van der Waals surface area contributed by atoms with E-state index in [9.17, 15) is 9.90 Å². The van der Waals surface area contributed by atoms with Gasteiger partial charge in [0, 0.05) is 51.9 Å². The third-order valence-corrected chi connectivity index (χ3v) is 18.3. The van der Waals surface area contributed by atoms with E-state index in [2.05, 4.69) is 65.2 Å². The molecule has 4 aliphatic heterocycles. The van der Waals surface area contributed by atoms with E-state index < -0.39 is 11.6 Å². The van der Waals surface area contributed by atoms with Crippen molar-refractivity contribution in [2.45, 2.75) is 162 Å². The summed E-state index contributed by atoms with van der Waals surface area (Å²) in [7, 11) is 0. The van der Waals surface area contributed by atoms with Gasteiger partial charge in [0.1, 0.15) is 6.10 Å². The molecule has 306 valence electrons. The summed E-state index contributed by atoms with van der Waals surface area (Å²) in [6.45, 7) is 26.3. The van der Waals surface area contributed by atoms with E-state index in [0.29, 0.717) is 17.9 Å². The molecule has 9 aliphatic rings. The van der Waals surface area contributed by atoms with Crippen molar-refractivity contribution in [1.29, 1.82) is 0 Å². The number of ether oxygens (including phenoxy) is 4. The maximum atomic E-state index is 13.0. The Morgan fingerprint density at radius 1 is 0.963 bits per heavy atom. The molecule has 10 heteroatoms. The van der Waals surface area contributed by atoms with Crippen molar-refractivity contribution in [3.05, 3.63) is 0 Å². The molecule has 0 aromatic heterocycles. The minimum absolute atomic E-state index is 0.0408. The van der Waals surface area contributed by atoms with Gasteiger partial charge >= 0.3 is 6.09 Å². The summed E-state index contributed by atoms with van der Waals surface area (Å²) >= 11 is 0. The Hall–Kier alpha value is -1.01. The first-order valence-electron chi connectivity index (χ1n) is 22.4. The molecular formula is C44H74N4O6. The highest BCUT2D eigenvalue weighted by molar-refractivity contribution is 5.68. The zero-order chi connectivity index (χ0) is 38.2. The Balaban J connectivity index is 0.891. The number of fused-ring (bicyclic) bond motifs is 4. The van der Waals surface area contributed by atoms with Crippen LogP contribution >= 0.6 is 0 Å². The Kier molecular flexibility index (Phi) is 9.45. The number of likely N-dealkylation sites (tertiary alicyclic amines) is 2. The van der Waals surface area contributed by atoms with Gasteiger partial charge in [-0.05, 0) is 129 Å². The van der Waals surface area contributed by atoms with Gasteiger partial charge in [-0.2, -0.15) is 0 Å². The molecule has 4 saturated heterocycles. The number of morpholine rings is 1. The highest BCUT2D eigenvalue weighted by Crippen LogP contribution is 2.87. The lowest BCUT2D eigenvalue weighted by atomic mass is 9.43. The number of carbonyl (C=O) groups is 1. The molecule has 4 heterocycles. The van der Waals surface area contributed by atoms with Crippen LogP contribution in [0.4, 0.5) is 4.79 Å². The normalized spacial score (nSPS) is 49.2. The SMILES string of the molecule is CC(C)C(OC(=O)N1CCC1)C1CC(C)C2C(O1)C(O)C1(N)C3CCC4C(C)(C)C(OC5CN(CC6CN(C(C)C)C6)CCO5)CCC45CC35CCC21C. The molecule has 9 fully saturated rings. The fourth-order valence-electron chi connectivity index (χ4n) is 15.3. The van der Waals surface area contributed by atoms with Gasteiger partial charge in [-0.15, -0.1) is 0 Å². The maximum Gasteiger partial charge on any atom is 0.410 e. The first-order valence-corrected chi connectivity index (χ1v) is 22.4. The summed E-state index contributed by atoms with van der Waals surface area (Å²) in [6, 6.07) is 0.641. The molecule has 2 spiro atoms. The van der Waals surface area contributed by atoms with E-state index in [-0.39, 0.29) is 76.2 Å². The van der Waals surface area contributed by atoms with Gasteiger partial charge in [0.05, 0.1) is 36.6 Å². The van der Waals surface area contributed by atoms with Crippen LogP contribution in [0.2, 0.25) is 0 Å². The summed E-state index contributed by atoms with van der Waals surface area (Å²) in [5.41, 5.74) is 7.49. The van der Waals surface area contributed by atoms with Crippen molar-refractivity contribution in [1.82, 2.24) is 14.7 Å². The molecule has 54 heavy (non-hydrogen) atoms. The summed E-state index contributed by atoms with van der Waals surface area (Å²) in [6.07, 6.45) is 7.97. The molecule has 0 radical (unpaired) electrons. The van der Waals surface area contributed by atoms with Gasteiger partial charge < -0.3 is 39.6 Å². The second-order valence-electron chi connectivity index (χ2n) is 21.7. The number of nitrogens with zero attached hydrogens (tertiary/aromatic N) is 3. The number of rotatable bonds is 8. The predicted molar refractivity (Wildman–Crippen MR) is 207 cm³/mol. The third kappa shape index (κ3) is 5.44. The smallest absolute Gasteiger partial charge is 0.410 e. The lowest BCUT2D eigenvalue weighted by Crippen LogP contribution is -2.70. The highest BCUT2D eigenvalue weighted by Gasteiger charge is 2.85. The first kappa shape index (κ1) is 38.5. The molecule has 14 atom stereocenters. The van der Waals surface area contributed by atoms with Gasteiger partial charge in [0.15, 0.2) is 6.29 Å². The largest absolute Gasteiger partial charge is 0.443 e. The first-order chi connectivity index (χ1) is 25.6. The number of aliphatic hydroxyl groups excluding tert-OH is 1. The summed E-state index contributed by atoms with van der Waals surface area (Å²) in [4.78, 5) is 19.9. The average molecular weight is 755 g/mol. The standard InChI is InChI=1S/C44H74N4O6/c1-26(2)36(54-39(50)47-16-9-17-47)30-20-28(5)35-37(52-30)38(49)44(45)32-11-10-31-40(6,7)33(12-13-42(31)25-43(32,42)15-14-41(35,44)8)53-34-24-46(18-19-51-34)21-29-22-48(23-29)27(3)4/h26-38,49H,9-25,45H2,1-8H3. The van der Waals surface area contributed by atoms with Crippen molar-refractivity contribution in [3.8, 4) is 0 Å². The second kappa shape index (κ2) is 13.3. The minimum Gasteiger partial charge on any atom is -0.443 e. The van der Waals surface area contributed by atoms with Gasteiger partial charge in [0.25, 0.3) is 0 Å². The third-order valence-electron chi connectivity index (χ3n) is 18.3. The number of nitrogens with two attached hydrogens (primary N) is 1. The summed E-state index contributed by atoms with van der Waals surface area (Å²) in [5, 5.41) is 12.6. The van der Waals surface area contributed by atoms with E-state index in [0.717, 1.165) is 83.8 Å². The van der Waals surface area contributed by atoms with Crippen LogP contribution in [-0.4, -0.2) is 127 Å². The Morgan fingerprint density at radius 2 is 1.69 bits per heavy atom. The Labute approximate surface area is 325 Å². The van der Waals surface area contributed by atoms with Crippen molar-refractivity contribution in [2.24, 2.45) is 62.9 Å². The van der Waals surface area contributed by atoms with Crippen LogP contribution in [-0.2, 0) is 18.9 Å². The zero-order valence-electron chi connectivity index (χ0n) is 34.9. The lowest BCUT2D eigenvalue weighted by Gasteiger charge is -2.63. The second-order valence-corrected chi connectivity index (χ2v) is 21.7. The van der Waals surface area contributed by atoms with Gasteiger partial charge in [-0.3, -0.25) is 4.90 Å². The minimum atomic E-state index is -0.736. The van der Waals surface area contributed by atoms with Crippen LogP contribution in [0, 0.1) is 57.2 Å². The molecule has 14 unspecified atom stereocenters. The van der Waals surface area contributed by atoms with Crippen molar-refractivity contribution in [3.63, 3.8) is 0 Å². The van der Waals surface area contributed by atoms with Crippen molar-refractivity contribution in [2.75, 3.05) is 52.4 Å². The van der Waals surface area contributed by atoms with E-state index in [1.54, 1.807) is 4.90 Å². The molecule has 9 rings (SSSR count). The highest BCUT2D eigenvalue weighted by atomic mass is 16.7. The number of carbonyl (C=O) groups excluding carboxylic acids is 1. The van der Waals surface area contributed by atoms with Crippen LogP contribution in [0.3, 0.4) is 0 Å². The fraction of sp³-hybridized carbons (Fsp3) is 0.977. The molecule has 1 amide bonds. The molecule has 10 nitrogen and oxygen atoms in total. The quantitative estimate of drug-likeness (QED) is 0.321. The number of hydrogen-bond donors (Lipinski definition) is 2. The molecule has 3 N–H and O–H groups in total. The van der Waals surface area contributed by atoms with Crippen LogP contribution in [0.25, 0.3) is 0 Å². The predicted octanol–water partition coefficient (Wildman–Crippen LogP) is 5.74. The molecule has 0 bridgehead atoms. The van der Waals surface area contributed by atoms with Crippen LogP contribution in [0.15, 0.2) is 0 Å². The van der Waals surface area contributed by atoms with Gasteiger partial charge in [-0.1, -0.05) is 41.5 Å². The van der Waals surface area contributed by atoms with E-state index in [4.69, 9.17) is 24.7 Å². The fourth-order valence-corrected chi connectivity index (χ4v) is 15.3. The number of hydrogen-bond acceptors (Lipinski definition) is 9. The Morgan fingerprint density at radius 3 is 2.37 bits per heavy atom. The molecular weight excluding hydrogens is 681 g/mol. The molecule has 0 aromatic carbocycles. The maximum absolute atomic E-state index is 13.0. The number of aliphatic hydroxyl groups is 1. The van der Waals surface area contributed by atoms with E-state index >= 15 is 0 Å². The van der Waals surface area contributed by atoms with Crippen molar-refractivity contribution >= 4 is 6.09 Å². The number of amides is 1. The monoisotopic (exact) mass is 755 g/mol. The van der Waals surface area contributed by atoms with E-state index in [1.807, 2.05) is 0 Å². The molecule has 5 saturated carbocycles. The van der Waals surface area contributed by atoms with Crippen LogP contribution in [0.5, 0.6) is 0 Å². The van der Waals surface area contributed by atoms with Crippen molar-refractivity contribution < 1.29 is 28.8 Å². The summed E-state index contributed by atoms with van der Waals surface area (Å²) < 4.78 is 26.5. The van der Waals surface area contributed by atoms with Crippen LogP contribution < -0.4 is 5.73 Å². The molecule has 0 aromatic rings. The van der Waals surface area contributed by atoms with Crippen LogP contribution in [0.1, 0.15) is 113 Å². The van der Waals surface area contributed by atoms with E-state index in [1.165, 1.54) is 32.4 Å². The average Bonchev–Trinajstić information content (AvgIpc) is 3.70.